The van der Waals surface area contributed by atoms with Crippen molar-refractivity contribution in [1.29, 1.82) is 0 Å². The molecule has 0 atom stereocenters. The predicted molar refractivity (Wildman–Crippen MR) is 92.8 cm³/mol. The molecule has 1 aliphatic rings. The first-order valence-electron chi connectivity index (χ1n) is 8.34. The number of hydrogen-bond donors (Lipinski definition) is 1. The van der Waals surface area contributed by atoms with Gasteiger partial charge in [-0.2, -0.15) is 0 Å². The summed E-state index contributed by atoms with van der Waals surface area (Å²) in [6.07, 6.45) is 3.92. The molecule has 2 aromatic rings. The van der Waals surface area contributed by atoms with Crippen LogP contribution in [-0.4, -0.2) is 12.5 Å². The minimum absolute atomic E-state index is 0.0946. The summed E-state index contributed by atoms with van der Waals surface area (Å²) in [5, 5.41) is 3.07. The SMILES string of the molecule is CCCOc1ccc(NC(=O)C2(c3ccccc3)CCC2)cc1. The molecular weight excluding hydrogens is 286 g/mol. The summed E-state index contributed by atoms with van der Waals surface area (Å²) >= 11 is 0. The molecule has 0 saturated heterocycles. The standard InChI is InChI=1S/C20H23NO2/c1-2-15-23-18-11-9-17(10-12-18)21-19(22)20(13-6-14-20)16-7-4-3-5-8-16/h3-5,7-12H,2,6,13-15H2,1H3,(H,21,22). The van der Waals surface area contributed by atoms with E-state index in [0.717, 1.165) is 42.7 Å². The maximum absolute atomic E-state index is 12.8. The van der Waals surface area contributed by atoms with Crippen molar-refractivity contribution in [3.05, 3.63) is 60.2 Å². The maximum atomic E-state index is 12.8. The van der Waals surface area contributed by atoms with Gasteiger partial charge in [-0.1, -0.05) is 43.7 Å². The average molecular weight is 309 g/mol. The second-order valence-corrected chi connectivity index (χ2v) is 6.13. The van der Waals surface area contributed by atoms with Gasteiger partial charge in [-0.05, 0) is 49.1 Å². The van der Waals surface area contributed by atoms with Crippen LogP contribution in [0.4, 0.5) is 5.69 Å². The zero-order valence-electron chi connectivity index (χ0n) is 13.5. The van der Waals surface area contributed by atoms with Crippen LogP contribution < -0.4 is 10.1 Å². The second-order valence-electron chi connectivity index (χ2n) is 6.13. The summed E-state index contributed by atoms with van der Waals surface area (Å²) in [4.78, 5) is 12.8. The largest absolute Gasteiger partial charge is 0.494 e. The van der Waals surface area contributed by atoms with Crippen molar-refractivity contribution in [3.63, 3.8) is 0 Å². The molecule has 0 aromatic heterocycles. The number of anilines is 1. The molecule has 1 fully saturated rings. The van der Waals surface area contributed by atoms with E-state index in [1.54, 1.807) is 0 Å². The molecule has 0 unspecified atom stereocenters. The minimum atomic E-state index is -0.362. The molecule has 1 saturated carbocycles. The normalized spacial score (nSPS) is 15.5. The fourth-order valence-corrected chi connectivity index (χ4v) is 3.04. The topological polar surface area (TPSA) is 38.3 Å². The van der Waals surface area contributed by atoms with Crippen LogP contribution in [0.3, 0.4) is 0 Å². The molecule has 0 heterocycles. The van der Waals surface area contributed by atoms with Crippen molar-refractivity contribution < 1.29 is 9.53 Å². The van der Waals surface area contributed by atoms with E-state index >= 15 is 0 Å². The summed E-state index contributed by atoms with van der Waals surface area (Å²) in [7, 11) is 0. The monoisotopic (exact) mass is 309 g/mol. The number of hydrogen-bond acceptors (Lipinski definition) is 2. The number of carbonyl (C=O) groups is 1. The average Bonchev–Trinajstić information content (AvgIpc) is 2.54. The first kappa shape index (κ1) is 15.6. The van der Waals surface area contributed by atoms with Gasteiger partial charge in [0.2, 0.25) is 5.91 Å². The van der Waals surface area contributed by atoms with Gasteiger partial charge in [0.1, 0.15) is 5.75 Å². The molecule has 120 valence electrons. The molecule has 1 aliphatic carbocycles. The Morgan fingerprint density at radius 1 is 1.09 bits per heavy atom. The Kier molecular flexibility index (Phi) is 4.65. The summed E-state index contributed by atoms with van der Waals surface area (Å²) in [5.41, 5.74) is 1.58. The Morgan fingerprint density at radius 2 is 1.78 bits per heavy atom. The first-order valence-corrected chi connectivity index (χ1v) is 8.34. The molecule has 3 nitrogen and oxygen atoms in total. The summed E-state index contributed by atoms with van der Waals surface area (Å²) in [6, 6.07) is 17.7. The fourth-order valence-electron chi connectivity index (χ4n) is 3.04. The Bertz CT molecular complexity index is 645. The Balaban J connectivity index is 1.71. The lowest BCUT2D eigenvalue weighted by molar-refractivity contribution is -0.124. The van der Waals surface area contributed by atoms with E-state index in [0.29, 0.717) is 6.61 Å². The molecule has 1 amide bonds. The van der Waals surface area contributed by atoms with E-state index in [2.05, 4.69) is 24.4 Å². The number of benzene rings is 2. The van der Waals surface area contributed by atoms with E-state index in [-0.39, 0.29) is 11.3 Å². The summed E-state index contributed by atoms with van der Waals surface area (Å²) < 4.78 is 5.57. The molecule has 1 N–H and O–H groups in total. The van der Waals surface area contributed by atoms with Crippen LogP contribution in [0.2, 0.25) is 0 Å². The first-order chi connectivity index (χ1) is 11.2. The van der Waals surface area contributed by atoms with Crippen LogP contribution in [0.5, 0.6) is 5.75 Å². The third kappa shape index (κ3) is 3.24. The maximum Gasteiger partial charge on any atom is 0.235 e. The molecule has 0 spiro atoms. The number of carbonyl (C=O) groups excluding carboxylic acids is 1. The summed E-state index contributed by atoms with van der Waals surface area (Å²) in [5.74, 6) is 0.934. The quantitative estimate of drug-likeness (QED) is 0.851. The molecule has 3 rings (SSSR count). The van der Waals surface area contributed by atoms with E-state index in [4.69, 9.17) is 4.74 Å². The number of nitrogens with one attached hydrogen (secondary N) is 1. The highest BCUT2D eigenvalue weighted by Crippen LogP contribution is 2.44. The summed E-state index contributed by atoms with van der Waals surface area (Å²) in [6.45, 7) is 2.79. The smallest absolute Gasteiger partial charge is 0.235 e. The highest BCUT2D eigenvalue weighted by atomic mass is 16.5. The lowest BCUT2D eigenvalue weighted by atomic mass is 9.64. The Hall–Kier alpha value is -2.29. The van der Waals surface area contributed by atoms with Crippen molar-refractivity contribution in [2.75, 3.05) is 11.9 Å². The van der Waals surface area contributed by atoms with Crippen LogP contribution in [0.15, 0.2) is 54.6 Å². The van der Waals surface area contributed by atoms with Gasteiger partial charge in [-0.15, -0.1) is 0 Å². The van der Waals surface area contributed by atoms with Gasteiger partial charge in [-0.25, -0.2) is 0 Å². The van der Waals surface area contributed by atoms with Gasteiger partial charge < -0.3 is 10.1 Å². The predicted octanol–water partition coefficient (Wildman–Crippen LogP) is 4.54. The number of ether oxygens (including phenoxy) is 1. The zero-order chi connectivity index (χ0) is 16.1. The van der Waals surface area contributed by atoms with Crippen LogP contribution in [0, 0.1) is 0 Å². The van der Waals surface area contributed by atoms with Crippen molar-refractivity contribution in [1.82, 2.24) is 0 Å². The third-order valence-electron chi connectivity index (χ3n) is 4.55. The minimum Gasteiger partial charge on any atom is -0.494 e. The van der Waals surface area contributed by atoms with Crippen molar-refractivity contribution in [2.24, 2.45) is 0 Å². The van der Waals surface area contributed by atoms with Gasteiger partial charge in [0.05, 0.1) is 12.0 Å². The molecule has 3 heteroatoms. The van der Waals surface area contributed by atoms with Crippen LogP contribution in [0.1, 0.15) is 38.2 Å². The van der Waals surface area contributed by atoms with Crippen molar-refractivity contribution in [2.45, 2.75) is 38.0 Å². The number of rotatable bonds is 6. The Morgan fingerprint density at radius 3 is 2.35 bits per heavy atom. The van der Waals surface area contributed by atoms with Gasteiger partial charge in [0, 0.05) is 5.69 Å². The van der Waals surface area contributed by atoms with E-state index < -0.39 is 0 Å². The van der Waals surface area contributed by atoms with E-state index in [9.17, 15) is 4.79 Å². The molecular formula is C20H23NO2. The zero-order valence-corrected chi connectivity index (χ0v) is 13.5. The van der Waals surface area contributed by atoms with E-state index in [1.165, 1.54) is 0 Å². The second kappa shape index (κ2) is 6.86. The Labute approximate surface area is 137 Å². The van der Waals surface area contributed by atoms with Gasteiger partial charge in [0.25, 0.3) is 0 Å². The van der Waals surface area contributed by atoms with Crippen molar-refractivity contribution >= 4 is 11.6 Å². The number of amides is 1. The van der Waals surface area contributed by atoms with E-state index in [1.807, 2.05) is 42.5 Å². The molecule has 0 aliphatic heterocycles. The molecule has 23 heavy (non-hydrogen) atoms. The molecule has 2 aromatic carbocycles. The third-order valence-corrected chi connectivity index (χ3v) is 4.55. The molecule has 0 bridgehead atoms. The van der Waals surface area contributed by atoms with Crippen LogP contribution in [0.25, 0.3) is 0 Å². The van der Waals surface area contributed by atoms with Gasteiger partial charge in [-0.3, -0.25) is 4.79 Å². The molecule has 0 radical (unpaired) electrons. The van der Waals surface area contributed by atoms with Crippen molar-refractivity contribution in [3.8, 4) is 5.75 Å². The fraction of sp³-hybridized carbons (Fsp3) is 0.350. The van der Waals surface area contributed by atoms with Gasteiger partial charge >= 0.3 is 0 Å². The highest BCUT2D eigenvalue weighted by molar-refractivity contribution is 5.99. The van der Waals surface area contributed by atoms with Crippen LogP contribution >= 0.6 is 0 Å². The lowest BCUT2D eigenvalue weighted by Crippen LogP contribution is -2.45. The lowest BCUT2D eigenvalue weighted by Gasteiger charge is -2.40. The highest BCUT2D eigenvalue weighted by Gasteiger charge is 2.45. The van der Waals surface area contributed by atoms with Crippen LogP contribution in [-0.2, 0) is 10.2 Å². The van der Waals surface area contributed by atoms with Gasteiger partial charge in [0.15, 0.2) is 0 Å².